The number of nitrogens with one attached hydrogen (secondary N) is 1. The molecule has 2 N–H and O–H groups in total. The number of carbonyl (C=O) groups is 1. The molecule has 4 aliphatic rings. The quantitative estimate of drug-likeness (QED) is 0.612. The first kappa shape index (κ1) is 20.9. The molecule has 1 amide bonds. The Morgan fingerprint density at radius 3 is 2.65 bits per heavy atom. The van der Waals surface area contributed by atoms with Gasteiger partial charge < -0.3 is 15.2 Å². The molecule has 1 atom stereocenters. The number of rotatable bonds is 3. The lowest BCUT2D eigenvalue weighted by Crippen LogP contribution is -2.60. The lowest BCUT2D eigenvalue weighted by Gasteiger charge is -2.48. The number of halogens is 2. The zero-order valence-corrected chi connectivity index (χ0v) is 16.4. The van der Waals surface area contributed by atoms with Gasteiger partial charge in [0.2, 0.25) is 6.41 Å². The number of ether oxygens (including phenoxy) is 1. The van der Waals surface area contributed by atoms with Crippen molar-refractivity contribution in [2.24, 2.45) is 0 Å². The van der Waals surface area contributed by atoms with Crippen molar-refractivity contribution >= 4 is 18.0 Å². The Hall–Kier alpha value is -1.37. The van der Waals surface area contributed by atoms with Crippen LogP contribution in [0.25, 0.3) is 0 Å². The second-order valence-corrected chi connectivity index (χ2v) is 7.37. The Morgan fingerprint density at radius 1 is 1.38 bits per heavy atom. The Labute approximate surface area is 159 Å². The maximum atomic E-state index is 13.0. The lowest BCUT2D eigenvalue weighted by molar-refractivity contribution is -0.121. The number of benzene rings is 1. The number of aliphatic hydroxyl groups excluding tert-OH is 1. The van der Waals surface area contributed by atoms with E-state index < -0.39 is 6.10 Å². The van der Waals surface area contributed by atoms with Gasteiger partial charge in [-0.15, -0.1) is 9.60 Å². The first-order valence-electron chi connectivity index (χ1n) is 9.11. The molecule has 7 heteroatoms. The van der Waals surface area contributed by atoms with Crippen LogP contribution in [0.4, 0.5) is 4.48 Å². The van der Waals surface area contributed by atoms with Crippen LogP contribution < -0.4 is 10.1 Å². The molecule has 5 nitrogen and oxygen atoms in total. The summed E-state index contributed by atoms with van der Waals surface area (Å²) in [5.41, 5.74) is 0.478. The molecule has 0 radical (unpaired) electrons. The maximum absolute atomic E-state index is 13.0. The van der Waals surface area contributed by atoms with Crippen molar-refractivity contribution in [3.8, 4) is 5.75 Å². The number of aliphatic hydroxyl groups is 1. The Bertz CT molecular complexity index is 621. The molecule has 1 aromatic carbocycles. The Kier molecular flexibility index (Phi) is 6.88. The van der Waals surface area contributed by atoms with Crippen molar-refractivity contribution in [1.82, 2.24) is 10.4 Å². The first-order chi connectivity index (χ1) is 12.4. The number of nitrogens with zero attached hydrogens (tertiary/aromatic N) is 1. The summed E-state index contributed by atoms with van der Waals surface area (Å²) in [6.45, 7) is 4.58. The second kappa shape index (κ2) is 8.55. The van der Waals surface area contributed by atoms with Gasteiger partial charge in [0.15, 0.2) is 0 Å². The van der Waals surface area contributed by atoms with E-state index in [2.05, 4.69) is 5.32 Å². The summed E-state index contributed by atoms with van der Waals surface area (Å²) in [6.07, 6.45) is 4.27. The number of fused-ring (bicyclic) bond motifs is 2. The van der Waals surface area contributed by atoms with Crippen LogP contribution >= 0.6 is 11.6 Å². The SMILES string of the molecule is CC.CN(F)C12CCC(NC=O)(C1)C2.OC1CCOc2ccc(Cl)cc21. The summed E-state index contributed by atoms with van der Waals surface area (Å²) >= 11 is 5.78. The fraction of sp³-hybridized carbons (Fsp3) is 0.632. The van der Waals surface area contributed by atoms with Gasteiger partial charge in [0, 0.05) is 29.6 Å². The molecule has 0 aromatic heterocycles. The van der Waals surface area contributed by atoms with Gasteiger partial charge in [-0.2, -0.15) is 0 Å². The van der Waals surface area contributed by atoms with E-state index in [1.54, 1.807) is 18.2 Å². The second-order valence-electron chi connectivity index (χ2n) is 6.93. The zero-order chi connectivity index (χ0) is 19.4. The van der Waals surface area contributed by atoms with E-state index in [4.69, 9.17) is 16.3 Å². The van der Waals surface area contributed by atoms with E-state index in [1.807, 2.05) is 13.8 Å². The molecule has 3 fully saturated rings. The molecule has 5 rings (SSSR count). The number of amides is 1. The highest BCUT2D eigenvalue weighted by atomic mass is 35.5. The van der Waals surface area contributed by atoms with Crippen LogP contribution in [-0.2, 0) is 4.79 Å². The number of carbonyl (C=O) groups excluding carboxylic acids is 1. The molecule has 1 aliphatic heterocycles. The van der Waals surface area contributed by atoms with Gasteiger partial charge in [-0.3, -0.25) is 4.79 Å². The van der Waals surface area contributed by atoms with E-state index in [1.165, 1.54) is 7.05 Å². The summed E-state index contributed by atoms with van der Waals surface area (Å²) < 4.78 is 18.3. The monoisotopic (exact) mass is 386 g/mol. The summed E-state index contributed by atoms with van der Waals surface area (Å²) in [5, 5.41) is 13.8. The van der Waals surface area contributed by atoms with Gasteiger partial charge in [-0.1, -0.05) is 25.4 Å². The van der Waals surface area contributed by atoms with Crippen LogP contribution in [0.3, 0.4) is 0 Å². The summed E-state index contributed by atoms with van der Waals surface area (Å²) in [4.78, 5) is 10.2. The summed E-state index contributed by atoms with van der Waals surface area (Å²) in [5.74, 6) is 0.748. The molecule has 0 spiro atoms. The minimum absolute atomic E-state index is 0.0674. The van der Waals surface area contributed by atoms with Gasteiger partial charge >= 0.3 is 0 Å². The largest absolute Gasteiger partial charge is 0.493 e. The summed E-state index contributed by atoms with van der Waals surface area (Å²) in [7, 11) is 1.47. The molecule has 26 heavy (non-hydrogen) atoms. The van der Waals surface area contributed by atoms with Crippen molar-refractivity contribution < 1.29 is 19.1 Å². The van der Waals surface area contributed by atoms with Crippen molar-refractivity contribution in [3.05, 3.63) is 28.8 Å². The van der Waals surface area contributed by atoms with E-state index in [0.717, 1.165) is 48.5 Å². The number of hydrogen-bond acceptors (Lipinski definition) is 4. The van der Waals surface area contributed by atoms with Crippen molar-refractivity contribution in [2.75, 3.05) is 13.7 Å². The van der Waals surface area contributed by atoms with Gasteiger partial charge in [0.05, 0.1) is 18.2 Å². The fourth-order valence-corrected chi connectivity index (χ4v) is 4.23. The van der Waals surface area contributed by atoms with Gasteiger partial charge in [0.1, 0.15) is 5.75 Å². The third-order valence-electron chi connectivity index (χ3n) is 5.40. The normalized spacial score (nSPS) is 30.5. The maximum Gasteiger partial charge on any atom is 0.207 e. The molecule has 3 saturated carbocycles. The molecular weight excluding hydrogens is 359 g/mol. The standard InChI is InChI=1S/C9H9ClO2.C8H13FN2O.C2H6/c10-6-1-2-9-7(5-6)8(11)3-4-12-9;1-11(9)8-3-2-7(4-8,5-8)10-6-12;1-2/h1-2,5,8,11H,3-4H2;6H,2-5H2,1H3,(H,10,12);1-2H3. The minimum atomic E-state index is -0.424. The van der Waals surface area contributed by atoms with Crippen LogP contribution in [0.1, 0.15) is 57.6 Å². The highest BCUT2D eigenvalue weighted by Gasteiger charge is 2.63. The molecule has 3 aliphatic carbocycles. The van der Waals surface area contributed by atoms with Crippen molar-refractivity contribution in [3.63, 3.8) is 0 Å². The third-order valence-corrected chi connectivity index (χ3v) is 5.64. The molecule has 0 saturated heterocycles. The van der Waals surface area contributed by atoms with Crippen LogP contribution in [0.5, 0.6) is 5.75 Å². The van der Waals surface area contributed by atoms with Gasteiger partial charge in [-0.25, -0.2) is 0 Å². The predicted molar refractivity (Wildman–Crippen MR) is 99.9 cm³/mol. The topological polar surface area (TPSA) is 61.8 Å². The molecule has 1 unspecified atom stereocenters. The van der Waals surface area contributed by atoms with Crippen LogP contribution in [0.2, 0.25) is 5.02 Å². The Balaban J connectivity index is 0.000000171. The van der Waals surface area contributed by atoms with E-state index in [9.17, 15) is 14.4 Å². The molecule has 2 bridgehead atoms. The highest BCUT2D eigenvalue weighted by molar-refractivity contribution is 6.30. The molecule has 1 aromatic rings. The summed E-state index contributed by atoms with van der Waals surface area (Å²) in [6, 6.07) is 5.30. The van der Waals surface area contributed by atoms with Crippen molar-refractivity contribution in [2.45, 2.75) is 63.1 Å². The van der Waals surface area contributed by atoms with Crippen molar-refractivity contribution in [1.29, 1.82) is 0 Å². The average molecular weight is 387 g/mol. The van der Waals surface area contributed by atoms with Gasteiger partial charge in [-0.05, 0) is 43.9 Å². The fourth-order valence-electron chi connectivity index (χ4n) is 4.05. The molecule has 1 heterocycles. The molecule has 146 valence electrons. The third kappa shape index (κ3) is 4.13. The molecular formula is C19H28ClFN2O3. The van der Waals surface area contributed by atoms with Gasteiger partial charge in [0.25, 0.3) is 0 Å². The predicted octanol–water partition coefficient (Wildman–Crippen LogP) is 3.80. The highest BCUT2D eigenvalue weighted by Crippen LogP contribution is 2.57. The smallest absolute Gasteiger partial charge is 0.207 e. The van der Waals surface area contributed by atoms with E-state index >= 15 is 0 Å². The zero-order valence-electron chi connectivity index (χ0n) is 15.6. The van der Waals surface area contributed by atoms with Crippen LogP contribution in [-0.4, -0.2) is 41.4 Å². The average Bonchev–Trinajstić information content (AvgIpc) is 3.15. The van der Waals surface area contributed by atoms with E-state index in [0.29, 0.717) is 18.1 Å². The van der Waals surface area contributed by atoms with Crippen LogP contribution in [0, 0.1) is 0 Å². The Morgan fingerprint density at radius 2 is 2.08 bits per heavy atom. The van der Waals surface area contributed by atoms with Crippen LogP contribution in [0.15, 0.2) is 18.2 Å². The van der Waals surface area contributed by atoms with E-state index in [-0.39, 0.29) is 11.1 Å². The minimum Gasteiger partial charge on any atom is -0.493 e. The number of hydrogen-bond donors (Lipinski definition) is 2. The lowest BCUT2D eigenvalue weighted by atomic mass is 9.71. The first-order valence-corrected chi connectivity index (χ1v) is 9.49.